The zero-order valence-corrected chi connectivity index (χ0v) is 9.59. The van der Waals surface area contributed by atoms with Gasteiger partial charge in [-0.25, -0.2) is 0 Å². The third-order valence-corrected chi connectivity index (χ3v) is 2.54. The molecule has 1 saturated carbocycles. The van der Waals surface area contributed by atoms with Crippen molar-refractivity contribution in [1.82, 2.24) is 10.6 Å². The van der Waals surface area contributed by atoms with Crippen molar-refractivity contribution in [3.8, 4) is 0 Å². The third-order valence-electron chi connectivity index (χ3n) is 2.54. The van der Waals surface area contributed by atoms with Gasteiger partial charge in [0.05, 0.1) is 19.5 Å². The summed E-state index contributed by atoms with van der Waals surface area (Å²) in [5.41, 5.74) is 0. The molecular weight excluding hydrogens is 253 g/mol. The van der Waals surface area contributed by atoms with Crippen LogP contribution < -0.4 is 10.6 Å². The van der Waals surface area contributed by atoms with Crippen LogP contribution in [-0.2, 0) is 9.59 Å². The number of carbonyl (C=O) groups excluding carboxylic acids is 1. The van der Waals surface area contributed by atoms with Crippen molar-refractivity contribution in [1.29, 1.82) is 0 Å². The second kappa shape index (κ2) is 6.03. The summed E-state index contributed by atoms with van der Waals surface area (Å²) in [6.07, 6.45) is -2.88. The van der Waals surface area contributed by atoms with E-state index >= 15 is 0 Å². The molecule has 1 amide bonds. The highest BCUT2D eigenvalue weighted by atomic mass is 19.4. The van der Waals surface area contributed by atoms with Crippen molar-refractivity contribution in [3.63, 3.8) is 0 Å². The van der Waals surface area contributed by atoms with E-state index in [0.29, 0.717) is 0 Å². The molecule has 1 atom stereocenters. The maximum absolute atomic E-state index is 11.8. The van der Waals surface area contributed by atoms with Gasteiger partial charge in [0.25, 0.3) is 0 Å². The van der Waals surface area contributed by atoms with E-state index in [2.05, 4.69) is 5.32 Å². The zero-order valence-electron chi connectivity index (χ0n) is 9.59. The largest absolute Gasteiger partial charge is 0.481 e. The molecule has 1 unspecified atom stereocenters. The summed E-state index contributed by atoms with van der Waals surface area (Å²) in [5, 5.41) is 13.0. The molecule has 5 nitrogen and oxygen atoms in total. The average Bonchev–Trinajstić information content (AvgIpc) is 2.96. The predicted molar refractivity (Wildman–Crippen MR) is 55.8 cm³/mol. The van der Waals surface area contributed by atoms with Crippen LogP contribution in [0.4, 0.5) is 13.2 Å². The van der Waals surface area contributed by atoms with Crippen LogP contribution in [0, 0.1) is 5.92 Å². The lowest BCUT2D eigenvalue weighted by molar-refractivity contribution is -0.137. The summed E-state index contributed by atoms with van der Waals surface area (Å²) in [4.78, 5) is 21.9. The molecule has 104 valence electrons. The van der Waals surface area contributed by atoms with Crippen LogP contribution in [0.3, 0.4) is 0 Å². The molecule has 0 aliphatic heterocycles. The summed E-state index contributed by atoms with van der Waals surface area (Å²) in [6.45, 7) is -1.71. The molecule has 0 heterocycles. The van der Waals surface area contributed by atoms with Crippen molar-refractivity contribution in [2.24, 2.45) is 5.92 Å². The molecule has 0 aromatic heterocycles. The van der Waals surface area contributed by atoms with Gasteiger partial charge in [-0.3, -0.25) is 9.59 Å². The van der Waals surface area contributed by atoms with Gasteiger partial charge in [-0.2, -0.15) is 13.2 Å². The van der Waals surface area contributed by atoms with Crippen molar-refractivity contribution in [2.75, 3.05) is 13.1 Å². The minimum Gasteiger partial charge on any atom is -0.481 e. The smallest absolute Gasteiger partial charge is 0.401 e. The molecule has 1 fully saturated rings. The van der Waals surface area contributed by atoms with Gasteiger partial charge in [-0.15, -0.1) is 0 Å². The minimum absolute atomic E-state index is 0.132. The number of halogens is 3. The number of carboxylic acid groups (broad SMARTS) is 1. The van der Waals surface area contributed by atoms with E-state index in [1.54, 1.807) is 0 Å². The number of hydrogen-bond acceptors (Lipinski definition) is 3. The van der Waals surface area contributed by atoms with Gasteiger partial charge in [0.15, 0.2) is 0 Å². The van der Waals surface area contributed by atoms with Gasteiger partial charge < -0.3 is 15.7 Å². The van der Waals surface area contributed by atoms with E-state index < -0.39 is 37.2 Å². The lowest BCUT2D eigenvalue weighted by atomic mass is 10.1. The Bertz CT molecular complexity index is 316. The van der Waals surface area contributed by atoms with Gasteiger partial charge in [-0.1, -0.05) is 0 Å². The summed E-state index contributed by atoms with van der Waals surface area (Å²) in [6, 6.07) is -0.484. The van der Waals surface area contributed by atoms with Gasteiger partial charge in [-0.05, 0) is 18.8 Å². The lowest BCUT2D eigenvalue weighted by Crippen LogP contribution is -2.44. The number of aliphatic carboxylic acids is 1. The SMILES string of the molecule is O=C(O)CC(NC(=O)CNCC(F)(F)F)C1CC1. The van der Waals surface area contributed by atoms with Crippen LogP contribution in [0.2, 0.25) is 0 Å². The van der Waals surface area contributed by atoms with Crippen molar-refractivity contribution < 1.29 is 27.9 Å². The minimum atomic E-state index is -4.36. The van der Waals surface area contributed by atoms with Crippen LogP contribution in [0.1, 0.15) is 19.3 Å². The highest BCUT2D eigenvalue weighted by Crippen LogP contribution is 2.33. The molecule has 8 heteroatoms. The summed E-state index contributed by atoms with van der Waals surface area (Å²) >= 11 is 0. The first-order chi connectivity index (χ1) is 8.28. The van der Waals surface area contributed by atoms with Crippen LogP contribution in [-0.4, -0.2) is 42.3 Å². The second-order valence-corrected chi connectivity index (χ2v) is 4.33. The molecular formula is C10H15F3N2O3. The monoisotopic (exact) mass is 268 g/mol. The number of nitrogens with one attached hydrogen (secondary N) is 2. The number of hydrogen-bond donors (Lipinski definition) is 3. The highest BCUT2D eigenvalue weighted by molar-refractivity contribution is 5.79. The molecule has 1 rings (SSSR count). The second-order valence-electron chi connectivity index (χ2n) is 4.33. The first-order valence-corrected chi connectivity index (χ1v) is 5.56. The normalized spacial score (nSPS) is 17.3. The van der Waals surface area contributed by atoms with Crippen molar-refractivity contribution in [2.45, 2.75) is 31.5 Å². The van der Waals surface area contributed by atoms with Crippen LogP contribution in [0.25, 0.3) is 0 Å². The molecule has 0 saturated heterocycles. The van der Waals surface area contributed by atoms with E-state index in [1.165, 1.54) is 0 Å². The van der Waals surface area contributed by atoms with Crippen LogP contribution >= 0.6 is 0 Å². The molecule has 1 aliphatic rings. The molecule has 0 aromatic carbocycles. The van der Waals surface area contributed by atoms with Gasteiger partial charge in [0.1, 0.15) is 0 Å². The number of carboxylic acids is 1. The first-order valence-electron chi connectivity index (χ1n) is 5.56. The fraction of sp³-hybridized carbons (Fsp3) is 0.800. The van der Waals surface area contributed by atoms with E-state index in [9.17, 15) is 22.8 Å². The highest BCUT2D eigenvalue weighted by Gasteiger charge is 2.33. The summed E-state index contributed by atoms with van der Waals surface area (Å²) in [5.74, 6) is -1.51. The Morgan fingerprint density at radius 1 is 1.33 bits per heavy atom. The fourth-order valence-electron chi connectivity index (χ4n) is 1.60. The molecule has 3 N–H and O–H groups in total. The molecule has 0 radical (unpaired) electrons. The Balaban J connectivity index is 2.26. The van der Waals surface area contributed by atoms with E-state index in [0.717, 1.165) is 12.8 Å². The molecule has 0 spiro atoms. The van der Waals surface area contributed by atoms with Crippen LogP contribution in [0.15, 0.2) is 0 Å². The number of rotatable bonds is 7. The fourth-order valence-corrected chi connectivity index (χ4v) is 1.60. The molecule has 0 bridgehead atoms. The van der Waals surface area contributed by atoms with Crippen molar-refractivity contribution >= 4 is 11.9 Å². The first kappa shape index (κ1) is 14.7. The van der Waals surface area contributed by atoms with Gasteiger partial charge in [0, 0.05) is 6.04 Å². The zero-order chi connectivity index (χ0) is 13.8. The molecule has 18 heavy (non-hydrogen) atoms. The average molecular weight is 268 g/mol. The number of alkyl halides is 3. The molecule has 0 aromatic rings. The maximum atomic E-state index is 11.8. The number of amides is 1. The Morgan fingerprint density at radius 3 is 2.39 bits per heavy atom. The van der Waals surface area contributed by atoms with Gasteiger partial charge >= 0.3 is 12.1 Å². The van der Waals surface area contributed by atoms with E-state index in [4.69, 9.17) is 5.11 Å². The summed E-state index contributed by atoms with van der Waals surface area (Å²) < 4.78 is 35.4. The van der Waals surface area contributed by atoms with E-state index in [1.807, 2.05) is 5.32 Å². The Hall–Kier alpha value is -1.31. The Kier molecular flexibility index (Phi) is 4.94. The standard InChI is InChI=1S/C10H15F3N2O3/c11-10(12,13)5-14-4-8(16)15-7(3-9(17)18)6-1-2-6/h6-7,14H,1-5H2,(H,15,16)(H,17,18). The Morgan fingerprint density at radius 2 is 1.94 bits per heavy atom. The maximum Gasteiger partial charge on any atom is 0.401 e. The quantitative estimate of drug-likeness (QED) is 0.628. The van der Waals surface area contributed by atoms with E-state index in [-0.39, 0.29) is 12.3 Å². The lowest BCUT2D eigenvalue weighted by Gasteiger charge is -2.16. The topological polar surface area (TPSA) is 78.4 Å². The predicted octanol–water partition coefficient (Wildman–Crippen LogP) is 0.508. The molecule has 1 aliphatic carbocycles. The van der Waals surface area contributed by atoms with Gasteiger partial charge in [0.2, 0.25) is 5.91 Å². The van der Waals surface area contributed by atoms with Crippen LogP contribution in [0.5, 0.6) is 0 Å². The summed E-state index contributed by atoms with van der Waals surface area (Å²) in [7, 11) is 0. The third kappa shape index (κ3) is 6.43. The number of carbonyl (C=O) groups is 2. The Labute approximate surface area is 102 Å². The van der Waals surface area contributed by atoms with Crippen molar-refractivity contribution in [3.05, 3.63) is 0 Å².